The summed E-state index contributed by atoms with van der Waals surface area (Å²) in [4.78, 5) is 0. The van der Waals surface area contributed by atoms with Gasteiger partial charge in [-0.05, 0) is 47.7 Å². The first-order valence-electron chi connectivity index (χ1n) is 7.62. The maximum atomic E-state index is 9.07. The van der Waals surface area contributed by atoms with E-state index < -0.39 is 0 Å². The molecule has 0 aliphatic carbocycles. The lowest BCUT2D eigenvalue weighted by Gasteiger charge is -2.15. The van der Waals surface area contributed by atoms with Crippen molar-refractivity contribution in [2.24, 2.45) is 5.92 Å². The molecule has 2 rings (SSSR count). The number of hydrogen-bond donors (Lipinski definition) is 2. The van der Waals surface area contributed by atoms with E-state index in [1.807, 2.05) is 0 Å². The van der Waals surface area contributed by atoms with Gasteiger partial charge in [0.25, 0.3) is 0 Å². The molecule has 2 aromatic carbocycles. The molecular weight excluding hydrogens is 246 g/mol. The van der Waals surface area contributed by atoms with Gasteiger partial charge in [-0.25, -0.2) is 0 Å². The number of aliphatic hydroxyl groups is 1. The summed E-state index contributed by atoms with van der Waals surface area (Å²) in [5.74, 6) is 0.588. The minimum Gasteiger partial charge on any atom is -0.396 e. The van der Waals surface area contributed by atoms with Crippen LogP contribution in [0.4, 0.5) is 0 Å². The van der Waals surface area contributed by atoms with E-state index in [0.717, 1.165) is 19.5 Å². The van der Waals surface area contributed by atoms with E-state index in [2.05, 4.69) is 54.7 Å². The molecule has 1 atom stereocenters. The van der Waals surface area contributed by atoms with Crippen LogP contribution in [-0.4, -0.2) is 18.3 Å². The van der Waals surface area contributed by atoms with Gasteiger partial charge >= 0.3 is 0 Å². The Bertz CT molecular complexity index is 518. The standard InChI is InChI=1S/C18H25NO/c1-2-5-15(10-11-20)13-19-14-16-8-9-17-6-3-4-7-18(17)12-16/h3-4,6-9,12,15,19-20H,2,5,10-11,13-14H2,1H3. The van der Waals surface area contributed by atoms with Crippen molar-refractivity contribution < 1.29 is 5.11 Å². The first-order chi connectivity index (χ1) is 9.83. The first-order valence-corrected chi connectivity index (χ1v) is 7.62. The van der Waals surface area contributed by atoms with Gasteiger partial charge in [0.1, 0.15) is 0 Å². The second-order valence-corrected chi connectivity index (χ2v) is 5.48. The maximum Gasteiger partial charge on any atom is 0.0434 e. The van der Waals surface area contributed by atoms with Crippen molar-refractivity contribution in [3.05, 3.63) is 48.0 Å². The third-order valence-electron chi connectivity index (χ3n) is 3.81. The number of nitrogens with one attached hydrogen (secondary N) is 1. The predicted molar refractivity (Wildman–Crippen MR) is 85.8 cm³/mol. The van der Waals surface area contributed by atoms with Crippen molar-refractivity contribution in [3.8, 4) is 0 Å². The molecule has 0 amide bonds. The lowest BCUT2D eigenvalue weighted by molar-refractivity contribution is 0.248. The zero-order valence-electron chi connectivity index (χ0n) is 12.3. The summed E-state index contributed by atoms with van der Waals surface area (Å²) >= 11 is 0. The minimum absolute atomic E-state index is 0.294. The Morgan fingerprint density at radius 1 is 1.05 bits per heavy atom. The number of benzene rings is 2. The van der Waals surface area contributed by atoms with Gasteiger partial charge in [0.2, 0.25) is 0 Å². The Hall–Kier alpha value is -1.38. The molecule has 2 N–H and O–H groups in total. The fraction of sp³-hybridized carbons (Fsp3) is 0.444. The van der Waals surface area contributed by atoms with Gasteiger partial charge in [-0.2, -0.15) is 0 Å². The summed E-state index contributed by atoms with van der Waals surface area (Å²) in [6.07, 6.45) is 3.27. The van der Waals surface area contributed by atoms with Gasteiger partial charge in [0.05, 0.1) is 0 Å². The highest BCUT2D eigenvalue weighted by Gasteiger charge is 2.06. The van der Waals surface area contributed by atoms with Crippen molar-refractivity contribution in [2.45, 2.75) is 32.7 Å². The first kappa shape index (κ1) is 15.0. The summed E-state index contributed by atoms with van der Waals surface area (Å²) < 4.78 is 0. The highest BCUT2D eigenvalue weighted by molar-refractivity contribution is 5.82. The molecule has 2 heteroatoms. The Morgan fingerprint density at radius 2 is 1.85 bits per heavy atom. The molecule has 0 saturated carbocycles. The van der Waals surface area contributed by atoms with Crippen LogP contribution in [0.25, 0.3) is 10.8 Å². The van der Waals surface area contributed by atoms with E-state index >= 15 is 0 Å². The van der Waals surface area contributed by atoms with Gasteiger partial charge in [-0.1, -0.05) is 49.7 Å². The van der Waals surface area contributed by atoms with Crippen molar-refractivity contribution in [3.63, 3.8) is 0 Å². The van der Waals surface area contributed by atoms with E-state index in [4.69, 9.17) is 5.11 Å². The normalized spacial score (nSPS) is 12.7. The molecule has 20 heavy (non-hydrogen) atoms. The fourth-order valence-corrected chi connectivity index (χ4v) is 2.71. The van der Waals surface area contributed by atoms with E-state index in [-0.39, 0.29) is 0 Å². The van der Waals surface area contributed by atoms with Crippen LogP contribution < -0.4 is 5.32 Å². The zero-order valence-corrected chi connectivity index (χ0v) is 12.3. The largest absolute Gasteiger partial charge is 0.396 e. The number of fused-ring (bicyclic) bond motifs is 1. The van der Waals surface area contributed by atoms with Gasteiger partial charge in [-0.3, -0.25) is 0 Å². The summed E-state index contributed by atoms with van der Waals surface area (Å²) in [6.45, 7) is 4.38. The molecule has 0 fully saturated rings. The highest BCUT2D eigenvalue weighted by Crippen LogP contribution is 2.16. The quantitative estimate of drug-likeness (QED) is 0.767. The number of hydrogen-bond acceptors (Lipinski definition) is 2. The lowest BCUT2D eigenvalue weighted by atomic mass is 10.00. The minimum atomic E-state index is 0.294. The van der Waals surface area contributed by atoms with Crippen LogP contribution in [0.15, 0.2) is 42.5 Å². The molecule has 0 aromatic heterocycles. The lowest BCUT2D eigenvalue weighted by Crippen LogP contribution is -2.23. The Balaban J connectivity index is 1.88. The molecule has 0 spiro atoms. The second kappa shape index (κ2) is 8.03. The van der Waals surface area contributed by atoms with Crippen molar-refractivity contribution >= 4 is 10.8 Å². The van der Waals surface area contributed by atoms with E-state index in [0.29, 0.717) is 12.5 Å². The smallest absolute Gasteiger partial charge is 0.0434 e. The average molecular weight is 271 g/mol. The third-order valence-corrected chi connectivity index (χ3v) is 3.81. The zero-order chi connectivity index (χ0) is 14.2. The monoisotopic (exact) mass is 271 g/mol. The van der Waals surface area contributed by atoms with Gasteiger partial charge in [0, 0.05) is 13.2 Å². The number of rotatable bonds is 8. The van der Waals surface area contributed by atoms with E-state index in [1.165, 1.54) is 29.2 Å². The van der Waals surface area contributed by atoms with Crippen molar-refractivity contribution in [2.75, 3.05) is 13.2 Å². The Kier molecular flexibility index (Phi) is 6.03. The average Bonchev–Trinajstić information content (AvgIpc) is 2.47. The van der Waals surface area contributed by atoms with Crippen LogP contribution in [0.3, 0.4) is 0 Å². The fourth-order valence-electron chi connectivity index (χ4n) is 2.71. The predicted octanol–water partition coefficient (Wildman–Crippen LogP) is 3.73. The summed E-state index contributed by atoms with van der Waals surface area (Å²) in [6, 6.07) is 15.1. The molecule has 0 aliphatic rings. The van der Waals surface area contributed by atoms with Crippen LogP contribution >= 0.6 is 0 Å². The van der Waals surface area contributed by atoms with Gasteiger partial charge < -0.3 is 10.4 Å². The Labute approximate surface area is 121 Å². The number of aliphatic hydroxyl groups excluding tert-OH is 1. The molecule has 0 saturated heterocycles. The van der Waals surface area contributed by atoms with Crippen LogP contribution in [-0.2, 0) is 6.54 Å². The molecule has 108 valence electrons. The summed E-state index contributed by atoms with van der Waals surface area (Å²) in [5, 5.41) is 15.2. The molecule has 0 aliphatic heterocycles. The molecule has 0 radical (unpaired) electrons. The van der Waals surface area contributed by atoms with Crippen LogP contribution in [0.1, 0.15) is 31.7 Å². The van der Waals surface area contributed by atoms with Gasteiger partial charge in [-0.15, -0.1) is 0 Å². The van der Waals surface area contributed by atoms with Crippen LogP contribution in [0.5, 0.6) is 0 Å². The van der Waals surface area contributed by atoms with Crippen LogP contribution in [0, 0.1) is 5.92 Å². The second-order valence-electron chi connectivity index (χ2n) is 5.48. The Morgan fingerprint density at radius 3 is 2.60 bits per heavy atom. The van der Waals surface area contributed by atoms with Crippen LogP contribution in [0.2, 0.25) is 0 Å². The van der Waals surface area contributed by atoms with Crippen molar-refractivity contribution in [1.29, 1.82) is 0 Å². The van der Waals surface area contributed by atoms with E-state index in [9.17, 15) is 0 Å². The molecule has 2 aromatic rings. The SMILES string of the molecule is CCCC(CCO)CNCc1ccc2ccccc2c1. The molecule has 0 bridgehead atoms. The molecular formula is C18H25NO. The molecule has 1 unspecified atom stereocenters. The van der Waals surface area contributed by atoms with Crippen molar-refractivity contribution in [1.82, 2.24) is 5.32 Å². The topological polar surface area (TPSA) is 32.3 Å². The highest BCUT2D eigenvalue weighted by atomic mass is 16.3. The molecule has 0 heterocycles. The third kappa shape index (κ3) is 4.32. The van der Waals surface area contributed by atoms with Gasteiger partial charge in [0.15, 0.2) is 0 Å². The molecule has 2 nitrogen and oxygen atoms in total. The maximum absolute atomic E-state index is 9.07. The summed E-state index contributed by atoms with van der Waals surface area (Å²) in [5.41, 5.74) is 1.32. The van der Waals surface area contributed by atoms with E-state index in [1.54, 1.807) is 0 Å². The summed E-state index contributed by atoms with van der Waals surface area (Å²) in [7, 11) is 0.